The van der Waals surface area contributed by atoms with E-state index in [1.807, 2.05) is 37.2 Å². The van der Waals surface area contributed by atoms with Crippen LogP contribution in [0, 0.1) is 0 Å². The predicted molar refractivity (Wildman–Crippen MR) is 77.1 cm³/mol. The van der Waals surface area contributed by atoms with Crippen LogP contribution in [-0.2, 0) is 0 Å². The number of ether oxygens (including phenoxy) is 1. The first-order valence-electron chi connectivity index (χ1n) is 6.22. The monoisotopic (exact) mass is 276 g/mol. The number of aromatic nitrogens is 2. The van der Waals surface area contributed by atoms with E-state index >= 15 is 0 Å². The van der Waals surface area contributed by atoms with Gasteiger partial charge in [0.25, 0.3) is 5.19 Å². The van der Waals surface area contributed by atoms with Gasteiger partial charge in [0.15, 0.2) is 5.75 Å². The molecular formula is C13H16N4OS. The summed E-state index contributed by atoms with van der Waals surface area (Å²) in [6.07, 6.45) is 2.38. The summed E-state index contributed by atoms with van der Waals surface area (Å²) < 4.78 is 10.1. The van der Waals surface area contributed by atoms with E-state index in [1.165, 1.54) is 24.4 Å². The van der Waals surface area contributed by atoms with Crippen molar-refractivity contribution in [1.82, 2.24) is 9.36 Å². The fraction of sp³-hybridized carbons (Fsp3) is 0.385. The molecule has 1 fully saturated rings. The van der Waals surface area contributed by atoms with E-state index in [0.717, 1.165) is 11.5 Å². The average Bonchev–Trinajstić information content (AvgIpc) is 3.13. The zero-order chi connectivity index (χ0) is 13.4. The fourth-order valence-corrected chi connectivity index (χ4v) is 2.38. The van der Waals surface area contributed by atoms with Gasteiger partial charge < -0.3 is 15.4 Å². The van der Waals surface area contributed by atoms with Crippen molar-refractivity contribution in [3.63, 3.8) is 0 Å². The second-order valence-corrected chi connectivity index (χ2v) is 5.63. The van der Waals surface area contributed by atoms with E-state index < -0.39 is 0 Å². The molecule has 100 valence electrons. The third kappa shape index (κ3) is 2.63. The molecule has 6 heteroatoms. The zero-order valence-electron chi connectivity index (χ0n) is 11.0. The maximum atomic E-state index is 5.93. The Kier molecular flexibility index (Phi) is 3.02. The zero-order valence-corrected chi connectivity index (χ0v) is 11.8. The number of nitrogens with zero attached hydrogens (tertiary/aromatic N) is 3. The van der Waals surface area contributed by atoms with Crippen LogP contribution in [0.25, 0.3) is 0 Å². The van der Waals surface area contributed by atoms with Gasteiger partial charge in [-0.2, -0.15) is 9.36 Å². The van der Waals surface area contributed by atoms with Gasteiger partial charge in [0, 0.05) is 43.3 Å². The van der Waals surface area contributed by atoms with Crippen molar-refractivity contribution in [2.45, 2.75) is 18.8 Å². The number of rotatable bonds is 4. The van der Waals surface area contributed by atoms with Crippen LogP contribution in [0.2, 0.25) is 0 Å². The minimum Gasteiger partial charge on any atom is -0.428 e. The molecule has 19 heavy (non-hydrogen) atoms. The largest absolute Gasteiger partial charge is 0.428 e. The third-order valence-corrected chi connectivity index (χ3v) is 3.69. The van der Waals surface area contributed by atoms with Crippen molar-refractivity contribution >= 4 is 22.9 Å². The minimum absolute atomic E-state index is 0.541. The molecule has 0 bridgehead atoms. The van der Waals surface area contributed by atoms with Crippen LogP contribution in [0.15, 0.2) is 18.2 Å². The van der Waals surface area contributed by atoms with Crippen LogP contribution in [0.5, 0.6) is 10.9 Å². The molecule has 2 aromatic rings. The number of nitrogens with two attached hydrogens (primary N) is 1. The summed E-state index contributed by atoms with van der Waals surface area (Å²) in [7, 11) is 3.96. The number of nitrogen functional groups attached to an aromatic ring is 1. The molecule has 0 amide bonds. The SMILES string of the molecule is CN(C)c1ccc(N)c(Oc2nc(C3CC3)ns2)c1. The predicted octanol–water partition coefficient (Wildman–Crippen LogP) is 2.86. The molecule has 0 atom stereocenters. The molecule has 1 heterocycles. The molecule has 2 N–H and O–H groups in total. The van der Waals surface area contributed by atoms with E-state index in [9.17, 15) is 0 Å². The van der Waals surface area contributed by atoms with Crippen molar-refractivity contribution in [2.24, 2.45) is 0 Å². The lowest BCUT2D eigenvalue weighted by Gasteiger charge is -2.14. The molecule has 0 radical (unpaired) electrons. The molecule has 5 nitrogen and oxygen atoms in total. The Balaban J connectivity index is 1.82. The van der Waals surface area contributed by atoms with Crippen LogP contribution in [0.4, 0.5) is 11.4 Å². The second kappa shape index (κ2) is 4.70. The number of benzene rings is 1. The quantitative estimate of drug-likeness (QED) is 0.870. The first kappa shape index (κ1) is 12.2. The van der Waals surface area contributed by atoms with Gasteiger partial charge in [0.1, 0.15) is 5.82 Å². The average molecular weight is 276 g/mol. The molecule has 0 unspecified atom stereocenters. The Morgan fingerprint density at radius 1 is 1.37 bits per heavy atom. The van der Waals surface area contributed by atoms with Crippen LogP contribution in [0.3, 0.4) is 0 Å². The highest BCUT2D eigenvalue weighted by Crippen LogP contribution is 2.40. The summed E-state index contributed by atoms with van der Waals surface area (Å²) in [6, 6.07) is 5.71. The molecular weight excluding hydrogens is 260 g/mol. The maximum absolute atomic E-state index is 5.93. The first-order chi connectivity index (χ1) is 9.13. The Bertz CT molecular complexity index is 592. The molecule has 0 aliphatic heterocycles. The van der Waals surface area contributed by atoms with E-state index in [0.29, 0.717) is 22.5 Å². The van der Waals surface area contributed by atoms with E-state index in [4.69, 9.17) is 10.5 Å². The smallest absolute Gasteiger partial charge is 0.298 e. The highest BCUT2D eigenvalue weighted by Gasteiger charge is 2.28. The van der Waals surface area contributed by atoms with Crippen molar-refractivity contribution < 1.29 is 4.74 Å². The third-order valence-electron chi connectivity index (χ3n) is 3.08. The lowest BCUT2D eigenvalue weighted by molar-refractivity contribution is 0.479. The highest BCUT2D eigenvalue weighted by molar-refractivity contribution is 7.07. The Morgan fingerprint density at radius 3 is 2.84 bits per heavy atom. The highest BCUT2D eigenvalue weighted by atomic mass is 32.1. The topological polar surface area (TPSA) is 64.3 Å². The molecule has 1 aliphatic carbocycles. The fourth-order valence-electron chi connectivity index (χ4n) is 1.75. The molecule has 0 saturated heterocycles. The summed E-state index contributed by atoms with van der Waals surface area (Å²) in [5.41, 5.74) is 7.57. The van der Waals surface area contributed by atoms with Gasteiger partial charge in [0.05, 0.1) is 5.69 Å². The molecule has 3 rings (SSSR count). The van der Waals surface area contributed by atoms with E-state index in [1.54, 1.807) is 0 Å². The van der Waals surface area contributed by atoms with Crippen molar-refractivity contribution in [2.75, 3.05) is 24.7 Å². The number of anilines is 2. The lowest BCUT2D eigenvalue weighted by Crippen LogP contribution is -2.08. The van der Waals surface area contributed by atoms with Crippen LogP contribution in [0.1, 0.15) is 24.6 Å². The van der Waals surface area contributed by atoms with E-state index in [2.05, 4.69) is 9.36 Å². The summed E-state index contributed by atoms with van der Waals surface area (Å²) in [5, 5.41) is 0.560. The molecule has 1 aromatic carbocycles. The van der Waals surface area contributed by atoms with Crippen molar-refractivity contribution in [1.29, 1.82) is 0 Å². The van der Waals surface area contributed by atoms with Crippen molar-refractivity contribution in [3.8, 4) is 10.9 Å². The summed E-state index contributed by atoms with van der Waals surface area (Å²) in [4.78, 5) is 6.40. The Labute approximate surface area is 116 Å². The Morgan fingerprint density at radius 2 is 2.16 bits per heavy atom. The lowest BCUT2D eigenvalue weighted by atomic mass is 10.2. The summed E-state index contributed by atoms with van der Waals surface area (Å²) >= 11 is 1.28. The molecule has 1 aromatic heterocycles. The van der Waals surface area contributed by atoms with Gasteiger partial charge in [-0.3, -0.25) is 0 Å². The van der Waals surface area contributed by atoms with Crippen LogP contribution in [-0.4, -0.2) is 23.5 Å². The molecule has 0 spiro atoms. The summed E-state index contributed by atoms with van der Waals surface area (Å²) in [5.74, 6) is 2.08. The minimum atomic E-state index is 0.541. The van der Waals surface area contributed by atoms with Crippen LogP contribution < -0.4 is 15.4 Å². The summed E-state index contributed by atoms with van der Waals surface area (Å²) in [6.45, 7) is 0. The maximum Gasteiger partial charge on any atom is 0.298 e. The van der Waals surface area contributed by atoms with Gasteiger partial charge in [0.2, 0.25) is 0 Å². The second-order valence-electron chi connectivity index (χ2n) is 4.91. The van der Waals surface area contributed by atoms with Gasteiger partial charge in [-0.05, 0) is 25.0 Å². The van der Waals surface area contributed by atoms with E-state index in [-0.39, 0.29) is 0 Å². The van der Waals surface area contributed by atoms with Gasteiger partial charge in [-0.1, -0.05) is 0 Å². The van der Waals surface area contributed by atoms with Crippen molar-refractivity contribution in [3.05, 3.63) is 24.0 Å². The Hall–Kier alpha value is -1.82. The molecule has 1 saturated carbocycles. The van der Waals surface area contributed by atoms with Gasteiger partial charge in [-0.25, -0.2) is 0 Å². The normalized spacial score (nSPS) is 14.4. The standard InChI is InChI=1S/C13H16N4OS/c1-17(2)9-5-6-10(14)11(7-9)18-13-15-12(16-19-13)8-3-4-8/h5-8H,3-4,14H2,1-2H3. The van der Waals surface area contributed by atoms with Gasteiger partial charge in [-0.15, -0.1) is 0 Å². The number of hydrogen-bond donors (Lipinski definition) is 1. The first-order valence-corrected chi connectivity index (χ1v) is 6.99. The van der Waals surface area contributed by atoms with Gasteiger partial charge >= 0.3 is 0 Å². The van der Waals surface area contributed by atoms with Crippen LogP contribution >= 0.6 is 11.5 Å². The molecule has 1 aliphatic rings. The number of hydrogen-bond acceptors (Lipinski definition) is 6.